The Hall–Kier alpha value is -0.890. The number of nitrogens with zero attached hydrogens (tertiary/aromatic N) is 1. The van der Waals surface area contributed by atoms with Crippen molar-refractivity contribution >= 4 is 0 Å². The van der Waals surface area contributed by atoms with Crippen LogP contribution in [0.2, 0.25) is 0 Å². The molecule has 1 heterocycles. The van der Waals surface area contributed by atoms with Crippen LogP contribution in [-0.4, -0.2) is 10.1 Å². The van der Waals surface area contributed by atoms with E-state index in [2.05, 4.69) is 11.1 Å². The summed E-state index contributed by atoms with van der Waals surface area (Å²) in [5.74, 6) is 0. The highest BCUT2D eigenvalue weighted by Crippen LogP contribution is 2.31. The number of aryl methyl sites for hydroxylation is 1. The van der Waals surface area contributed by atoms with Crippen LogP contribution in [0.4, 0.5) is 0 Å². The summed E-state index contributed by atoms with van der Waals surface area (Å²) in [4.78, 5) is 4.28. The van der Waals surface area contributed by atoms with E-state index >= 15 is 0 Å². The summed E-state index contributed by atoms with van der Waals surface area (Å²) < 4.78 is 0. The van der Waals surface area contributed by atoms with E-state index in [1.807, 2.05) is 13.0 Å². The first-order valence-corrected chi connectivity index (χ1v) is 4.87. The van der Waals surface area contributed by atoms with E-state index in [4.69, 9.17) is 0 Å². The summed E-state index contributed by atoms with van der Waals surface area (Å²) in [6.45, 7) is 1.87. The molecule has 70 valence electrons. The summed E-state index contributed by atoms with van der Waals surface area (Å²) in [6, 6.07) is 4.02. The Labute approximate surface area is 78.6 Å². The Morgan fingerprint density at radius 1 is 1.46 bits per heavy atom. The van der Waals surface area contributed by atoms with Crippen molar-refractivity contribution in [2.24, 2.45) is 0 Å². The number of pyridine rings is 1. The van der Waals surface area contributed by atoms with Crippen molar-refractivity contribution in [1.82, 2.24) is 4.98 Å². The van der Waals surface area contributed by atoms with Gasteiger partial charge in [-0.1, -0.05) is 6.07 Å². The topological polar surface area (TPSA) is 33.1 Å². The van der Waals surface area contributed by atoms with Crippen LogP contribution in [0, 0.1) is 0 Å². The molecule has 1 aliphatic carbocycles. The maximum absolute atomic E-state index is 10.1. The molecule has 0 fully saturated rings. The van der Waals surface area contributed by atoms with E-state index in [1.54, 1.807) is 6.20 Å². The van der Waals surface area contributed by atoms with Gasteiger partial charge >= 0.3 is 0 Å². The zero-order chi connectivity index (χ0) is 9.31. The molecule has 0 aromatic carbocycles. The third-order valence-electron chi connectivity index (χ3n) is 2.76. The van der Waals surface area contributed by atoms with Crippen LogP contribution in [0.1, 0.15) is 37.4 Å². The van der Waals surface area contributed by atoms with E-state index in [9.17, 15) is 5.11 Å². The molecule has 13 heavy (non-hydrogen) atoms. The molecule has 1 N–H and O–H groups in total. The van der Waals surface area contributed by atoms with Crippen LogP contribution in [-0.2, 0) is 12.0 Å². The van der Waals surface area contributed by atoms with E-state index < -0.39 is 5.60 Å². The number of hydrogen-bond acceptors (Lipinski definition) is 2. The number of fused-ring (bicyclic) bond motifs is 1. The van der Waals surface area contributed by atoms with E-state index in [0.29, 0.717) is 0 Å². The standard InChI is InChI=1S/C11H15NO/c1-11(13)7-3-2-5-9-6-4-8-12-10(9)11/h4,6,8,13H,2-3,5,7H2,1H3/t11-/m0/s1. The highest BCUT2D eigenvalue weighted by Gasteiger charge is 2.28. The molecule has 2 heteroatoms. The van der Waals surface area contributed by atoms with Crippen LogP contribution in [0.5, 0.6) is 0 Å². The lowest BCUT2D eigenvalue weighted by molar-refractivity contribution is 0.0428. The van der Waals surface area contributed by atoms with Crippen LogP contribution >= 0.6 is 0 Å². The Morgan fingerprint density at radius 3 is 3.15 bits per heavy atom. The van der Waals surface area contributed by atoms with Crippen LogP contribution < -0.4 is 0 Å². The second-order valence-corrected chi connectivity index (χ2v) is 3.99. The first kappa shape index (κ1) is 8.70. The fourth-order valence-electron chi connectivity index (χ4n) is 2.03. The average molecular weight is 177 g/mol. The first-order valence-electron chi connectivity index (χ1n) is 4.87. The quantitative estimate of drug-likeness (QED) is 0.615. The molecule has 0 amide bonds. The molecule has 0 saturated heterocycles. The zero-order valence-corrected chi connectivity index (χ0v) is 7.95. The van der Waals surface area contributed by atoms with Gasteiger partial charge in [-0.25, -0.2) is 0 Å². The lowest BCUT2D eigenvalue weighted by Crippen LogP contribution is -2.22. The third-order valence-corrected chi connectivity index (χ3v) is 2.76. The van der Waals surface area contributed by atoms with Crippen molar-refractivity contribution in [3.05, 3.63) is 29.6 Å². The van der Waals surface area contributed by atoms with Gasteiger partial charge in [0.2, 0.25) is 0 Å². The predicted molar refractivity (Wildman–Crippen MR) is 51.4 cm³/mol. The molecular weight excluding hydrogens is 162 g/mol. The van der Waals surface area contributed by atoms with Crippen molar-refractivity contribution in [1.29, 1.82) is 0 Å². The second-order valence-electron chi connectivity index (χ2n) is 3.99. The molecular formula is C11H15NO. The molecule has 0 saturated carbocycles. The zero-order valence-electron chi connectivity index (χ0n) is 7.95. The van der Waals surface area contributed by atoms with Gasteiger partial charge in [-0.15, -0.1) is 0 Å². The van der Waals surface area contributed by atoms with E-state index in [0.717, 1.165) is 31.4 Å². The van der Waals surface area contributed by atoms with Gasteiger partial charge in [0.15, 0.2) is 0 Å². The fraction of sp³-hybridized carbons (Fsp3) is 0.545. The molecule has 1 aromatic heterocycles. The number of rotatable bonds is 0. The lowest BCUT2D eigenvalue weighted by Gasteiger charge is -2.22. The van der Waals surface area contributed by atoms with Crippen molar-refractivity contribution in [2.75, 3.05) is 0 Å². The second kappa shape index (κ2) is 3.11. The van der Waals surface area contributed by atoms with Crippen LogP contribution in [0.25, 0.3) is 0 Å². The maximum Gasteiger partial charge on any atom is 0.104 e. The van der Waals surface area contributed by atoms with Gasteiger partial charge in [-0.2, -0.15) is 0 Å². The molecule has 0 aliphatic heterocycles. The Balaban J connectivity index is 2.48. The van der Waals surface area contributed by atoms with Crippen LogP contribution in [0.15, 0.2) is 18.3 Å². The molecule has 2 nitrogen and oxygen atoms in total. The first-order chi connectivity index (χ1) is 6.20. The lowest BCUT2D eigenvalue weighted by atomic mass is 9.95. The van der Waals surface area contributed by atoms with E-state index in [-0.39, 0.29) is 0 Å². The number of aromatic nitrogens is 1. The smallest absolute Gasteiger partial charge is 0.104 e. The summed E-state index contributed by atoms with van der Waals surface area (Å²) in [7, 11) is 0. The minimum Gasteiger partial charge on any atom is -0.384 e. The van der Waals surface area contributed by atoms with Crippen molar-refractivity contribution in [2.45, 2.75) is 38.2 Å². The molecule has 0 spiro atoms. The van der Waals surface area contributed by atoms with Gasteiger partial charge in [0, 0.05) is 6.20 Å². The van der Waals surface area contributed by atoms with Crippen molar-refractivity contribution in [3.8, 4) is 0 Å². The summed E-state index contributed by atoms with van der Waals surface area (Å²) in [5, 5.41) is 10.1. The maximum atomic E-state index is 10.1. The number of aliphatic hydroxyl groups is 1. The SMILES string of the molecule is C[C@]1(O)CCCCc2cccnc21. The van der Waals surface area contributed by atoms with Gasteiger partial charge in [0.05, 0.1) is 5.69 Å². The van der Waals surface area contributed by atoms with E-state index in [1.165, 1.54) is 5.56 Å². The predicted octanol–water partition coefficient (Wildman–Crippen LogP) is 2.02. The minimum atomic E-state index is -0.715. The molecule has 0 radical (unpaired) electrons. The third kappa shape index (κ3) is 1.59. The van der Waals surface area contributed by atoms with Gasteiger partial charge in [-0.05, 0) is 44.2 Å². The Kier molecular flexibility index (Phi) is 2.08. The molecule has 0 bridgehead atoms. The highest BCUT2D eigenvalue weighted by atomic mass is 16.3. The molecule has 0 unspecified atom stereocenters. The molecule has 1 aromatic rings. The monoisotopic (exact) mass is 177 g/mol. The average Bonchev–Trinajstić information content (AvgIpc) is 2.26. The molecule has 1 aliphatic rings. The fourth-order valence-corrected chi connectivity index (χ4v) is 2.03. The normalized spacial score (nSPS) is 27.8. The Morgan fingerprint density at radius 2 is 2.31 bits per heavy atom. The highest BCUT2D eigenvalue weighted by molar-refractivity contribution is 5.26. The van der Waals surface area contributed by atoms with Gasteiger partial charge < -0.3 is 5.11 Å². The van der Waals surface area contributed by atoms with Crippen LogP contribution in [0.3, 0.4) is 0 Å². The van der Waals surface area contributed by atoms with Gasteiger partial charge in [0.1, 0.15) is 5.60 Å². The summed E-state index contributed by atoms with van der Waals surface area (Å²) >= 11 is 0. The molecule has 2 rings (SSSR count). The minimum absolute atomic E-state index is 0.715. The molecule has 1 atom stereocenters. The van der Waals surface area contributed by atoms with Gasteiger partial charge in [0.25, 0.3) is 0 Å². The van der Waals surface area contributed by atoms with Gasteiger partial charge in [-0.3, -0.25) is 4.98 Å². The van der Waals surface area contributed by atoms with Crippen molar-refractivity contribution < 1.29 is 5.11 Å². The Bertz CT molecular complexity index is 307. The summed E-state index contributed by atoms with van der Waals surface area (Å²) in [6.07, 6.45) is 5.90. The largest absolute Gasteiger partial charge is 0.384 e. The number of hydrogen-bond donors (Lipinski definition) is 1. The van der Waals surface area contributed by atoms with Crippen molar-refractivity contribution in [3.63, 3.8) is 0 Å². The summed E-state index contributed by atoms with van der Waals surface area (Å²) in [5.41, 5.74) is 1.38.